The maximum Gasteiger partial charge on any atom is 0.0795 e. The van der Waals surface area contributed by atoms with E-state index >= 15 is 0 Å². The zero-order valence-electron chi connectivity index (χ0n) is 19.7. The highest BCUT2D eigenvalue weighted by Crippen LogP contribution is 2.67. The van der Waals surface area contributed by atoms with Gasteiger partial charge in [0.05, 0.1) is 5.71 Å². The maximum atomic E-state index is 9.27. The molecule has 164 valence electrons. The highest BCUT2D eigenvalue weighted by Gasteiger charge is 2.59. The molecule has 0 saturated heterocycles. The molecule has 4 rings (SSSR count). The standard InChI is InChI=1S/C27H45NO/c1-18(2)7-6-8-19(3)23-11-12-24-22-10-9-20-17-21(28-29)13-15-26(20,4)25(22)14-16-27(23,24)5/h17-19,22-25,29H,6-16H2,1-5H3/b28-21-/t19-,22+,23?,24+,25+,26+,27-/m1/s1. The van der Waals surface area contributed by atoms with E-state index in [4.69, 9.17) is 0 Å². The fourth-order valence-corrected chi connectivity index (χ4v) is 8.67. The highest BCUT2D eigenvalue weighted by molar-refractivity contribution is 5.96. The summed E-state index contributed by atoms with van der Waals surface area (Å²) in [6.07, 6.45) is 17.1. The molecule has 2 nitrogen and oxygen atoms in total. The summed E-state index contributed by atoms with van der Waals surface area (Å²) in [4.78, 5) is 0. The highest BCUT2D eigenvalue weighted by atomic mass is 16.4. The molecule has 4 aliphatic carbocycles. The van der Waals surface area contributed by atoms with Crippen molar-refractivity contribution < 1.29 is 5.21 Å². The number of nitrogens with zero attached hydrogens (tertiary/aromatic N) is 1. The monoisotopic (exact) mass is 399 g/mol. The van der Waals surface area contributed by atoms with Gasteiger partial charge in [-0.1, -0.05) is 64.6 Å². The van der Waals surface area contributed by atoms with Gasteiger partial charge in [-0.05, 0) is 104 Å². The number of rotatable bonds is 5. The molecule has 7 atom stereocenters. The molecule has 0 aromatic heterocycles. The molecule has 0 amide bonds. The predicted molar refractivity (Wildman–Crippen MR) is 122 cm³/mol. The van der Waals surface area contributed by atoms with Crippen LogP contribution in [0.1, 0.15) is 105 Å². The van der Waals surface area contributed by atoms with Crippen LogP contribution in [-0.4, -0.2) is 10.9 Å². The first-order chi connectivity index (χ1) is 13.8. The van der Waals surface area contributed by atoms with Gasteiger partial charge in [0.2, 0.25) is 0 Å². The Morgan fingerprint density at radius 2 is 1.79 bits per heavy atom. The van der Waals surface area contributed by atoms with E-state index in [0.717, 1.165) is 47.6 Å². The Morgan fingerprint density at radius 3 is 2.52 bits per heavy atom. The second kappa shape index (κ2) is 8.04. The van der Waals surface area contributed by atoms with E-state index < -0.39 is 0 Å². The Hall–Kier alpha value is -0.790. The third-order valence-corrected chi connectivity index (χ3v) is 10.3. The van der Waals surface area contributed by atoms with Gasteiger partial charge < -0.3 is 5.21 Å². The zero-order chi connectivity index (χ0) is 20.8. The van der Waals surface area contributed by atoms with Crippen LogP contribution in [0.2, 0.25) is 0 Å². The fourth-order valence-electron chi connectivity index (χ4n) is 8.67. The average molecular weight is 400 g/mol. The van der Waals surface area contributed by atoms with Gasteiger partial charge in [-0.15, -0.1) is 0 Å². The third kappa shape index (κ3) is 3.61. The first-order valence-corrected chi connectivity index (χ1v) is 12.7. The molecule has 0 aromatic rings. The summed E-state index contributed by atoms with van der Waals surface area (Å²) < 4.78 is 0. The van der Waals surface area contributed by atoms with Crippen molar-refractivity contribution in [1.29, 1.82) is 0 Å². The largest absolute Gasteiger partial charge is 0.411 e. The van der Waals surface area contributed by atoms with Gasteiger partial charge in [0.25, 0.3) is 0 Å². The van der Waals surface area contributed by atoms with Gasteiger partial charge in [0.1, 0.15) is 0 Å². The average Bonchev–Trinajstić information content (AvgIpc) is 3.04. The normalized spacial score (nSPS) is 44.2. The van der Waals surface area contributed by atoms with Gasteiger partial charge in [0, 0.05) is 0 Å². The summed E-state index contributed by atoms with van der Waals surface area (Å²) in [6, 6.07) is 0. The minimum Gasteiger partial charge on any atom is -0.411 e. The lowest BCUT2D eigenvalue weighted by atomic mass is 9.46. The summed E-state index contributed by atoms with van der Waals surface area (Å²) in [5.74, 6) is 5.43. The molecule has 29 heavy (non-hydrogen) atoms. The first kappa shape index (κ1) is 21.4. The first-order valence-electron chi connectivity index (χ1n) is 12.7. The van der Waals surface area contributed by atoms with Crippen molar-refractivity contribution in [3.63, 3.8) is 0 Å². The van der Waals surface area contributed by atoms with Crippen molar-refractivity contribution in [2.75, 3.05) is 0 Å². The summed E-state index contributed by atoms with van der Waals surface area (Å²) >= 11 is 0. The SMILES string of the molecule is CC(C)CCC[C@@H](C)C1CC[C@H]2[C@@H]3CCC4=C/C(=N\O)CC[C@]4(C)[C@H]3CC[C@]12C. The van der Waals surface area contributed by atoms with Crippen LogP contribution in [0.4, 0.5) is 0 Å². The van der Waals surface area contributed by atoms with Crippen LogP contribution in [0.25, 0.3) is 0 Å². The number of hydrogen-bond donors (Lipinski definition) is 1. The minimum absolute atomic E-state index is 0.361. The van der Waals surface area contributed by atoms with Gasteiger partial charge >= 0.3 is 0 Å². The third-order valence-electron chi connectivity index (χ3n) is 10.3. The number of oxime groups is 1. The zero-order valence-corrected chi connectivity index (χ0v) is 19.7. The molecule has 0 aliphatic heterocycles. The summed E-state index contributed by atoms with van der Waals surface area (Å²) in [6.45, 7) is 12.5. The lowest BCUT2D eigenvalue weighted by Gasteiger charge is -2.58. The number of hydrogen-bond acceptors (Lipinski definition) is 2. The van der Waals surface area contributed by atoms with E-state index in [2.05, 4.69) is 45.9 Å². The van der Waals surface area contributed by atoms with Gasteiger partial charge in [-0.25, -0.2) is 0 Å². The van der Waals surface area contributed by atoms with Gasteiger partial charge in [-0.2, -0.15) is 0 Å². The van der Waals surface area contributed by atoms with E-state index in [1.807, 2.05) is 0 Å². The van der Waals surface area contributed by atoms with Crippen molar-refractivity contribution in [3.05, 3.63) is 11.6 Å². The van der Waals surface area contributed by atoms with Crippen LogP contribution in [0.5, 0.6) is 0 Å². The van der Waals surface area contributed by atoms with Crippen LogP contribution in [0, 0.1) is 46.3 Å². The topological polar surface area (TPSA) is 32.6 Å². The smallest absolute Gasteiger partial charge is 0.0795 e. The van der Waals surface area contributed by atoms with Crippen LogP contribution >= 0.6 is 0 Å². The maximum absolute atomic E-state index is 9.27. The Morgan fingerprint density at radius 1 is 1.00 bits per heavy atom. The van der Waals surface area contributed by atoms with Crippen LogP contribution in [0.15, 0.2) is 16.8 Å². The molecule has 4 aliphatic rings. The van der Waals surface area contributed by atoms with Crippen molar-refractivity contribution in [3.8, 4) is 0 Å². The lowest BCUT2D eigenvalue weighted by Crippen LogP contribution is -2.51. The van der Waals surface area contributed by atoms with Crippen LogP contribution in [0.3, 0.4) is 0 Å². The second-order valence-corrected chi connectivity index (χ2v) is 12.1. The van der Waals surface area contributed by atoms with Crippen molar-refractivity contribution in [2.45, 2.75) is 105 Å². The minimum atomic E-state index is 0.361. The fraction of sp³-hybridized carbons (Fsp3) is 0.889. The van der Waals surface area contributed by atoms with Crippen molar-refractivity contribution >= 4 is 5.71 Å². The van der Waals surface area contributed by atoms with Gasteiger partial charge in [0.15, 0.2) is 0 Å². The van der Waals surface area contributed by atoms with E-state index in [1.54, 1.807) is 5.57 Å². The Balaban J connectivity index is 1.49. The molecular weight excluding hydrogens is 354 g/mol. The molecular formula is C27H45NO. The van der Waals surface area contributed by atoms with E-state index in [0.29, 0.717) is 10.8 Å². The van der Waals surface area contributed by atoms with E-state index in [-0.39, 0.29) is 0 Å². The van der Waals surface area contributed by atoms with Crippen molar-refractivity contribution in [1.82, 2.24) is 0 Å². The van der Waals surface area contributed by atoms with Crippen LogP contribution < -0.4 is 0 Å². The number of allylic oxidation sites excluding steroid dienone is 2. The predicted octanol–water partition coefficient (Wildman–Crippen LogP) is 7.86. The van der Waals surface area contributed by atoms with Crippen molar-refractivity contribution in [2.24, 2.45) is 51.5 Å². The van der Waals surface area contributed by atoms with Crippen LogP contribution in [-0.2, 0) is 0 Å². The van der Waals surface area contributed by atoms with Gasteiger partial charge in [-0.3, -0.25) is 0 Å². The Bertz CT molecular complexity index is 663. The Labute approximate surface area is 179 Å². The molecule has 1 N–H and O–H groups in total. The summed E-state index contributed by atoms with van der Waals surface area (Å²) in [7, 11) is 0. The molecule has 0 radical (unpaired) electrons. The molecule has 0 bridgehead atoms. The molecule has 3 fully saturated rings. The summed E-state index contributed by atoms with van der Waals surface area (Å²) in [5.41, 5.74) is 3.45. The molecule has 3 saturated carbocycles. The Kier molecular flexibility index (Phi) is 5.95. The quantitative estimate of drug-likeness (QED) is 0.370. The molecule has 0 heterocycles. The van der Waals surface area contributed by atoms with E-state index in [1.165, 1.54) is 64.2 Å². The molecule has 2 heteroatoms. The lowest BCUT2D eigenvalue weighted by molar-refractivity contribution is -0.0574. The molecule has 0 spiro atoms. The van der Waals surface area contributed by atoms with E-state index in [9.17, 15) is 5.21 Å². The molecule has 0 aromatic carbocycles. The molecule has 1 unspecified atom stereocenters. The summed E-state index contributed by atoms with van der Waals surface area (Å²) in [5, 5.41) is 12.8. The number of fused-ring (bicyclic) bond motifs is 5. The second-order valence-electron chi connectivity index (χ2n) is 12.1.